The fourth-order valence-corrected chi connectivity index (χ4v) is 1.65. The van der Waals surface area contributed by atoms with E-state index in [1.807, 2.05) is 13.8 Å². The maximum Gasteiger partial charge on any atom is 0.323 e. The topological polar surface area (TPSA) is 86.0 Å². The van der Waals surface area contributed by atoms with E-state index in [4.69, 9.17) is 10.5 Å². The molecule has 6 heteroatoms. The number of nitrogens with zero attached hydrogens (tertiary/aromatic N) is 3. The molecule has 1 aromatic heterocycles. The molecular formula is C11H19N5O. The van der Waals surface area contributed by atoms with Crippen LogP contribution in [0.3, 0.4) is 0 Å². The zero-order chi connectivity index (χ0) is 12.3. The number of ether oxygens (including phenoxy) is 1. The molecule has 0 atom stereocenters. The third kappa shape index (κ3) is 3.44. The van der Waals surface area contributed by atoms with Gasteiger partial charge in [0, 0.05) is 6.54 Å². The molecule has 0 radical (unpaired) electrons. The summed E-state index contributed by atoms with van der Waals surface area (Å²) in [5, 5.41) is 3.18. The van der Waals surface area contributed by atoms with E-state index >= 15 is 0 Å². The lowest BCUT2D eigenvalue weighted by atomic mass is 9.85. The van der Waals surface area contributed by atoms with E-state index in [1.54, 1.807) is 0 Å². The Morgan fingerprint density at radius 1 is 1.35 bits per heavy atom. The van der Waals surface area contributed by atoms with Crippen LogP contribution in [0.25, 0.3) is 0 Å². The summed E-state index contributed by atoms with van der Waals surface area (Å²) in [6.45, 7) is 4.73. The lowest BCUT2D eigenvalue weighted by molar-refractivity contribution is 0.222. The minimum absolute atomic E-state index is 0.0243. The number of hydrogen-bond acceptors (Lipinski definition) is 6. The average Bonchev–Trinajstić information content (AvgIpc) is 2.12. The molecule has 1 saturated carbocycles. The molecule has 0 unspecified atom stereocenters. The largest absolute Gasteiger partial charge is 0.461 e. The van der Waals surface area contributed by atoms with Crippen LogP contribution >= 0.6 is 0 Å². The summed E-state index contributed by atoms with van der Waals surface area (Å²) >= 11 is 0. The van der Waals surface area contributed by atoms with Gasteiger partial charge in [0.25, 0.3) is 0 Å². The number of nitrogens with two attached hydrogens (primary N) is 1. The van der Waals surface area contributed by atoms with Crippen molar-refractivity contribution in [3.05, 3.63) is 0 Å². The van der Waals surface area contributed by atoms with Gasteiger partial charge in [-0.05, 0) is 32.6 Å². The van der Waals surface area contributed by atoms with Crippen molar-refractivity contribution in [1.82, 2.24) is 15.0 Å². The summed E-state index contributed by atoms with van der Waals surface area (Å²) < 4.78 is 5.40. The van der Waals surface area contributed by atoms with Crippen molar-refractivity contribution in [2.24, 2.45) is 5.92 Å². The zero-order valence-electron chi connectivity index (χ0n) is 10.3. The van der Waals surface area contributed by atoms with E-state index < -0.39 is 0 Å². The summed E-state index contributed by atoms with van der Waals surface area (Å²) in [5.74, 6) is 1.43. The molecule has 3 N–H and O–H groups in total. The number of anilines is 2. The summed E-state index contributed by atoms with van der Waals surface area (Å²) in [6, 6.07) is 0.281. The lowest BCUT2D eigenvalue weighted by Gasteiger charge is -2.25. The first-order chi connectivity index (χ1) is 8.13. The van der Waals surface area contributed by atoms with Crippen LogP contribution in [0.1, 0.15) is 33.1 Å². The van der Waals surface area contributed by atoms with Gasteiger partial charge in [-0.15, -0.1) is 0 Å². The second kappa shape index (κ2) is 5.16. The molecule has 1 aliphatic carbocycles. The van der Waals surface area contributed by atoms with E-state index in [2.05, 4.69) is 20.3 Å². The van der Waals surface area contributed by atoms with Crippen molar-refractivity contribution in [3.8, 4) is 6.01 Å². The van der Waals surface area contributed by atoms with Crippen LogP contribution < -0.4 is 15.8 Å². The van der Waals surface area contributed by atoms with Gasteiger partial charge in [-0.25, -0.2) is 0 Å². The quantitative estimate of drug-likeness (QED) is 0.806. The molecule has 1 fully saturated rings. The van der Waals surface area contributed by atoms with Crippen molar-refractivity contribution in [2.45, 2.75) is 39.2 Å². The maximum atomic E-state index is 5.61. The fraction of sp³-hybridized carbons (Fsp3) is 0.727. The van der Waals surface area contributed by atoms with Crippen LogP contribution in [-0.2, 0) is 0 Å². The van der Waals surface area contributed by atoms with Crippen LogP contribution in [0.2, 0.25) is 0 Å². The van der Waals surface area contributed by atoms with Crippen LogP contribution in [0.5, 0.6) is 6.01 Å². The molecule has 0 bridgehead atoms. The highest BCUT2D eigenvalue weighted by atomic mass is 16.5. The Balaban J connectivity index is 1.97. The highest BCUT2D eigenvalue weighted by molar-refractivity contribution is 5.32. The summed E-state index contributed by atoms with van der Waals surface area (Å²) in [4.78, 5) is 12.1. The number of nitrogen functional groups attached to an aromatic ring is 1. The van der Waals surface area contributed by atoms with Crippen molar-refractivity contribution >= 4 is 11.9 Å². The Labute approximate surface area is 101 Å². The predicted octanol–water partition coefficient (Wildman–Crippen LogP) is 1.45. The van der Waals surface area contributed by atoms with Gasteiger partial charge < -0.3 is 15.8 Å². The molecule has 0 saturated heterocycles. The van der Waals surface area contributed by atoms with Gasteiger partial charge in [0.2, 0.25) is 11.9 Å². The van der Waals surface area contributed by atoms with Crippen LogP contribution in [-0.4, -0.2) is 27.6 Å². The molecule has 1 aliphatic rings. The Morgan fingerprint density at radius 2 is 2.12 bits per heavy atom. The molecule has 6 nitrogen and oxygen atoms in total. The fourth-order valence-electron chi connectivity index (χ4n) is 1.65. The monoisotopic (exact) mass is 237 g/mol. The molecule has 2 rings (SSSR count). The van der Waals surface area contributed by atoms with E-state index in [0.717, 1.165) is 12.5 Å². The van der Waals surface area contributed by atoms with Crippen molar-refractivity contribution in [1.29, 1.82) is 0 Å². The molecule has 0 spiro atoms. The molecule has 0 aromatic carbocycles. The standard InChI is InChI=1S/C11H19N5O/c1-7(2)17-11-15-9(12)14-10(16-11)13-6-8-4-3-5-8/h7-8H,3-6H2,1-2H3,(H3,12,13,14,15,16). The van der Waals surface area contributed by atoms with E-state index in [-0.39, 0.29) is 18.1 Å². The van der Waals surface area contributed by atoms with Gasteiger partial charge in [-0.2, -0.15) is 15.0 Å². The van der Waals surface area contributed by atoms with Gasteiger partial charge in [-0.3, -0.25) is 0 Å². The van der Waals surface area contributed by atoms with Gasteiger partial charge in [0.15, 0.2) is 0 Å². The minimum Gasteiger partial charge on any atom is -0.461 e. The third-order valence-electron chi connectivity index (χ3n) is 2.75. The zero-order valence-corrected chi connectivity index (χ0v) is 10.3. The Morgan fingerprint density at radius 3 is 2.71 bits per heavy atom. The Kier molecular flexibility index (Phi) is 3.61. The van der Waals surface area contributed by atoms with Crippen LogP contribution in [0.4, 0.5) is 11.9 Å². The molecule has 1 heterocycles. The van der Waals surface area contributed by atoms with Gasteiger partial charge in [0.05, 0.1) is 6.10 Å². The molecule has 0 amide bonds. The average molecular weight is 237 g/mol. The number of hydrogen-bond donors (Lipinski definition) is 2. The summed E-state index contributed by atoms with van der Waals surface area (Å²) in [5.41, 5.74) is 5.61. The first kappa shape index (κ1) is 11.9. The Hall–Kier alpha value is -1.59. The van der Waals surface area contributed by atoms with Crippen molar-refractivity contribution in [3.63, 3.8) is 0 Å². The van der Waals surface area contributed by atoms with E-state index in [9.17, 15) is 0 Å². The number of aromatic nitrogens is 3. The maximum absolute atomic E-state index is 5.61. The first-order valence-electron chi connectivity index (χ1n) is 6.05. The predicted molar refractivity (Wildman–Crippen MR) is 65.8 cm³/mol. The Bertz CT molecular complexity index is 378. The minimum atomic E-state index is 0.0243. The SMILES string of the molecule is CC(C)Oc1nc(N)nc(NCC2CCC2)n1. The number of nitrogens with one attached hydrogen (secondary N) is 1. The first-order valence-corrected chi connectivity index (χ1v) is 6.05. The second-order valence-corrected chi connectivity index (χ2v) is 4.64. The molecule has 94 valence electrons. The smallest absolute Gasteiger partial charge is 0.323 e. The third-order valence-corrected chi connectivity index (χ3v) is 2.75. The van der Waals surface area contributed by atoms with E-state index in [1.165, 1.54) is 19.3 Å². The molecule has 0 aliphatic heterocycles. The van der Waals surface area contributed by atoms with Crippen LogP contribution in [0, 0.1) is 5.92 Å². The van der Waals surface area contributed by atoms with Gasteiger partial charge in [0.1, 0.15) is 0 Å². The van der Waals surface area contributed by atoms with Crippen LogP contribution in [0.15, 0.2) is 0 Å². The summed E-state index contributed by atoms with van der Waals surface area (Å²) in [6.07, 6.45) is 3.91. The van der Waals surface area contributed by atoms with Gasteiger partial charge in [-0.1, -0.05) is 6.42 Å². The highest BCUT2D eigenvalue weighted by Crippen LogP contribution is 2.26. The summed E-state index contributed by atoms with van der Waals surface area (Å²) in [7, 11) is 0. The van der Waals surface area contributed by atoms with E-state index in [0.29, 0.717) is 5.95 Å². The normalized spacial score (nSPS) is 15.7. The van der Waals surface area contributed by atoms with Crippen molar-refractivity contribution < 1.29 is 4.74 Å². The lowest BCUT2D eigenvalue weighted by Crippen LogP contribution is -2.22. The molecule has 1 aromatic rings. The number of rotatable bonds is 5. The molecule has 17 heavy (non-hydrogen) atoms. The van der Waals surface area contributed by atoms with Gasteiger partial charge >= 0.3 is 6.01 Å². The van der Waals surface area contributed by atoms with Crippen molar-refractivity contribution in [2.75, 3.05) is 17.6 Å². The second-order valence-electron chi connectivity index (χ2n) is 4.64. The molecular weight excluding hydrogens is 218 g/mol. The highest BCUT2D eigenvalue weighted by Gasteiger charge is 2.17.